The van der Waals surface area contributed by atoms with Gasteiger partial charge in [-0.05, 0) is 10.8 Å². The largest absolute Gasteiger partial charge is 0.380 e. The van der Waals surface area contributed by atoms with Crippen LogP contribution >= 0.6 is 0 Å². The number of rotatable bonds is 1. The Morgan fingerprint density at radius 1 is 1.00 bits per heavy atom. The van der Waals surface area contributed by atoms with E-state index in [9.17, 15) is 4.79 Å². The molecule has 2 heteroatoms. The molecule has 0 saturated heterocycles. The highest BCUT2D eigenvalue weighted by Gasteiger charge is 2.50. The fraction of sp³-hybridized carbons (Fsp3) is 0.786. The second-order valence-corrected chi connectivity index (χ2v) is 7.07. The van der Waals surface area contributed by atoms with Gasteiger partial charge in [0.15, 0.2) is 5.78 Å². The summed E-state index contributed by atoms with van der Waals surface area (Å²) in [6, 6.07) is 0. The van der Waals surface area contributed by atoms with E-state index < -0.39 is 0 Å². The fourth-order valence-electron chi connectivity index (χ4n) is 2.50. The lowest BCUT2D eigenvalue weighted by Gasteiger charge is -2.47. The van der Waals surface area contributed by atoms with Crippen LogP contribution < -0.4 is 0 Å². The summed E-state index contributed by atoms with van der Waals surface area (Å²) in [6.45, 7) is 12.8. The number of hydrogen-bond donors (Lipinski definition) is 0. The van der Waals surface area contributed by atoms with E-state index in [2.05, 4.69) is 46.4 Å². The smallest absolute Gasteiger partial charge is 0.170 e. The molecular weight excluding hydrogens is 198 g/mol. The Balaban J connectivity index is 3.25. The van der Waals surface area contributed by atoms with Crippen LogP contribution in [-0.2, 0) is 4.79 Å². The molecule has 16 heavy (non-hydrogen) atoms. The van der Waals surface area contributed by atoms with Crippen LogP contribution in [0.4, 0.5) is 0 Å². The summed E-state index contributed by atoms with van der Waals surface area (Å²) >= 11 is 0. The van der Waals surface area contributed by atoms with Gasteiger partial charge in [0.05, 0.1) is 5.92 Å². The second kappa shape index (κ2) is 3.61. The van der Waals surface area contributed by atoms with Crippen molar-refractivity contribution >= 4 is 5.78 Å². The van der Waals surface area contributed by atoms with E-state index in [0.29, 0.717) is 5.78 Å². The van der Waals surface area contributed by atoms with E-state index in [1.54, 1.807) is 0 Å². The third-order valence-electron chi connectivity index (χ3n) is 3.14. The molecule has 0 aromatic carbocycles. The molecule has 0 aromatic heterocycles. The summed E-state index contributed by atoms with van der Waals surface area (Å²) in [4.78, 5) is 14.4. The van der Waals surface area contributed by atoms with Gasteiger partial charge in [-0.1, -0.05) is 41.5 Å². The first-order valence-corrected chi connectivity index (χ1v) is 5.94. The first-order valence-electron chi connectivity index (χ1n) is 5.94. The molecule has 1 rings (SSSR count). The summed E-state index contributed by atoms with van der Waals surface area (Å²) in [5, 5.41) is 0. The van der Waals surface area contributed by atoms with Gasteiger partial charge in [0.25, 0.3) is 0 Å². The topological polar surface area (TPSA) is 20.3 Å². The van der Waals surface area contributed by atoms with Gasteiger partial charge in [0.1, 0.15) is 0 Å². The quantitative estimate of drug-likeness (QED) is 0.681. The van der Waals surface area contributed by atoms with Crippen LogP contribution in [0.5, 0.6) is 0 Å². The molecule has 0 aliphatic heterocycles. The summed E-state index contributed by atoms with van der Waals surface area (Å²) < 4.78 is 0. The number of ketones is 1. The lowest BCUT2D eigenvalue weighted by molar-refractivity contribution is -0.126. The van der Waals surface area contributed by atoms with Gasteiger partial charge < -0.3 is 4.90 Å². The molecule has 1 aliphatic rings. The van der Waals surface area contributed by atoms with E-state index in [0.717, 1.165) is 5.57 Å². The Hall–Kier alpha value is -0.790. The molecule has 0 fully saturated rings. The van der Waals surface area contributed by atoms with Crippen molar-refractivity contribution in [2.75, 3.05) is 14.1 Å². The Labute approximate surface area is 99.7 Å². The van der Waals surface area contributed by atoms with Crippen molar-refractivity contribution in [1.82, 2.24) is 4.90 Å². The molecule has 2 nitrogen and oxygen atoms in total. The predicted molar refractivity (Wildman–Crippen MR) is 68.1 cm³/mol. The van der Waals surface area contributed by atoms with Crippen molar-refractivity contribution in [1.29, 1.82) is 0 Å². The zero-order valence-electron chi connectivity index (χ0n) is 11.9. The minimum Gasteiger partial charge on any atom is -0.380 e. The third kappa shape index (κ3) is 2.02. The highest BCUT2D eigenvalue weighted by atomic mass is 16.1. The van der Waals surface area contributed by atoms with Gasteiger partial charge in [-0.15, -0.1) is 0 Å². The molecule has 0 radical (unpaired) electrons. The maximum Gasteiger partial charge on any atom is 0.170 e. The third-order valence-corrected chi connectivity index (χ3v) is 3.14. The van der Waals surface area contributed by atoms with Crippen LogP contribution in [0.3, 0.4) is 0 Å². The molecule has 0 aromatic rings. The number of allylic oxidation sites excluding steroid dienone is 2. The summed E-state index contributed by atoms with van der Waals surface area (Å²) in [7, 11) is 4.07. The molecule has 1 unspecified atom stereocenters. The van der Waals surface area contributed by atoms with Gasteiger partial charge >= 0.3 is 0 Å². The molecular formula is C14H25NO. The summed E-state index contributed by atoms with van der Waals surface area (Å²) in [5.41, 5.74) is 2.21. The number of carbonyl (C=O) groups is 1. The van der Waals surface area contributed by atoms with Crippen molar-refractivity contribution in [2.24, 2.45) is 16.7 Å². The van der Waals surface area contributed by atoms with E-state index in [1.807, 2.05) is 14.1 Å². The Bertz CT molecular complexity index is 337. The molecule has 1 aliphatic carbocycles. The van der Waals surface area contributed by atoms with E-state index >= 15 is 0 Å². The van der Waals surface area contributed by atoms with Crippen LogP contribution in [0, 0.1) is 16.7 Å². The first-order chi connectivity index (χ1) is 6.98. The standard InChI is InChI=1S/C14H25NO/c1-13(2,3)9-11(15(7)8)10(12(9)16)14(4,5)6/h9H,1-8H3. The van der Waals surface area contributed by atoms with Crippen molar-refractivity contribution in [3.63, 3.8) is 0 Å². The molecule has 1 atom stereocenters. The Morgan fingerprint density at radius 3 is 1.69 bits per heavy atom. The van der Waals surface area contributed by atoms with Gasteiger partial charge in [0.2, 0.25) is 0 Å². The van der Waals surface area contributed by atoms with E-state index in [4.69, 9.17) is 0 Å². The van der Waals surface area contributed by atoms with Crippen LogP contribution in [0.15, 0.2) is 11.3 Å². The highest BCUT2D eigenvalue weighted by molar-refractivity contribution is 6.08. The van der Waals surface area contributed by atoms with Crippen LogP contribution in [0.1, 0.15) is 41.5 Å². The number of Topliss-reactive ketones (excluding diaryl/α,β-unsaturated/α-hetero) is 1. The molecule has 0 heterocycles. The normalized spacial score (nSPS) is 22.2. The minimum atomic E-state index is -0.0432. The molecule has 0 spiro atoms. The maximum absolute atomic E-state index is 12.3. The van der Waals surface area contributed by atoms with Crippen molar-refractivity contribution in [2.45, 2.75) is 41.5 Å². The van der Waals surface area contributed by atoms with Crippen LogP contribution in [0.2, 0.25) is 0 Å². The molecule has 0 bridgehead atoms. The SMILES string of the molecule is CN(C)C1=C(C(C)(C)C)C(=O)C1C(C)(C)C. The number of hydrogen-bond acceptors (Lipinski definition) is 2. The second-order valence-electron chi connectivity index (χ2n) is 7.07. The molecule has 0 saturated carbocycles. The Morgan fingerprint density at radius 2 is 1.44 bits per heavy atom. The van der Waals surface area contributed by atoms with Gasteiger partial charge in [-0.25, -0.2) is 0 Å². The summed E-state index contributed by atoms with van der Waals surface area (Å²) in [6.07, 6.45) is 0. The monoisotopic (exact) mass is 223 g/mol. The van der Waals surface area contributed by atoms with Crippen molar-refractivity contribution < 1.29 is 4.79 Å². The maximum atomic E-state index is 12.3. The van der Waals surface area contributed by atoms with E-state index in [1.165, 1.54) is 5.70 Å². The zero-order valence-corrected chi connectivity index (χ0v) is 11.9. The summed E-state index contributed by atoms with van der Waals surface area (Å²) in [5.74, 6) is 0.403. The predicted octanol–water partition coefficient (Wildman–Crippen LogP) is 3.09. The molecule has 0 N–H and O–H groups in total. The van der Waals surface area contributed by atoms with Gasteiger partial charge in [0, 0.05) is 25.4 Å². The van der Waals surface area contributed by atoms with Gasteiger partial charge in [-0.2, -0.15) is 0 Å². The average Bonchev–Trinajstić information content (AvgIpc) is 1.92. The van der Waals surface area contributed by atoms with E-state index in [-0.39, 0.29) is 16.7 Å². The Kier molecular flexibility index (Phi) is 3.00. The van der Waals surface area contributed by atoms with Crippen LogP contribution in [0.25, 0.3) is 0 Å². The fourth-order valence-corrected chi connectivity index (χ4v) is 2.50. The van der Waals surface area contributed by atoms with Crippen molar-refractivity contribution in [3.8, 4) is 0 Å². The lowest BCUT2D eigenvalue weighted by Crippen LogP contribution is -2.48. The highest BCUT2D eigenvalue weighted by Crippen LogP contribution is 2.49. The first kappa shape index (κ1) is 13.3. The average molecular weight is 223 g/mol. The minimum absolute atomic E-state index is 0.0193. The lowest BCUT2D eigenvalue weighted by atomic mass is 9.60. The molecule has 92 valence electrons. The number of nitrogens with zero attached hydrogens (tertiary/aromatic N) is 1. The molecule has 0 amide bonds. The van der Waals surface area contributed by atoms with Crippen LogP contribution in [-0.4, -0.2) is 24.8 Å². The zero-order chi connectivity index (χ0) is 12.9. The van der Waals surface area contributed by atoms with Crippen molar-refractivity contribution in [3.05, 3.63) is 11.3 Å². The van der Waals surface area contributed by atoms with Gasteiger partial charge in [-0.3, -0.25) is 4.79 Å². The number of carbonyl (C=O) groups excluding carboxylic acids is 1.